The lowest BCUT2D eigenvalue weighted by atomic mass is 10.1. The normalized spacial score (nSPS) is 10.3. The Morgan fingerprint density at radius 1 is 0.889 bits per heavy atom. The second-order valence-corrected chi connectivity index (χ2v) is 4.46. The Morgan fingerprint density at radius 3 is 2.11 bits per heavy atom. The van der Waals surface area contributed by atoms with Gasteiger partial charge in [0.1, 0.15) is 5.75 Å². The van der Waals surface area contributed by atoms with Gasteiger partial charge in [0.15, 0.2) is 0 Å². The van der Waals surface area contributed by atoms with Crippen LogP contribution in [0.25, 0.3) is 0 Å². The molecule has 0 unspecified atom stereocenters. The minimum Gasteiger partial charge on any atom is -0.493 e. The number of ether oxygens (including phenoxy) is 1. The lowest BCUT2D eigenvalue weighted by molar-refractivity contribution is 0.282. The van der Waals surface area contributed by atoms with Gasteiger partial charge in [-0.15, -0.1) is 0 Å². The van der Waals surface area contributed by atoms with E-state index in [4.69, 9.17) is 21.4 Å². The molecule has 18 heavy (non-hydrogen) atoms. The third-order valence-electron chi connectivity index (χ3n) is 2.68. The molecule has 0 fully saturated rings. The number of hydrogen-bond acceptors (Lipinski definition) is 2. The zero-order valence-corrected chi connectivity index (χ0v) is 10.7. The van der Waals surface area contributed by atoms with Gasteiger partial charge in [-0.25, -0.2) is 0 Å². The zero-order valence-electron chi connectivity index (χ0n) is 9.97. The highest BCUT2D eigenvalue weighted by molar-refractivity contribution is 6.30. The van der Waals surface area contributed by atoms with Gasteiger partial charge in [0.2, 0.25) is 0 Å². The summed E-state index contributed by atoms with van der Waals surface area (Å²) in [5.74, 6) is 0.825. The molecule has 1 N–H and O–H groups in total. The SMILES string of the molecule is OCc1ccc(CCOc2ccc(Cl)cc2)cc1. The number of benzene rings is 2. The van der Waals surface area contributed by atoms with Crippen molar-refractivity contribution in [1.82, 2.24) is 0 Å². The maximum Gasteiger partial charge on any atom is 0.119 e. The van der Waals surface area contributed by atoms with E-state index in [0.717, 1.165) is 17.7 Å². The van der Waals surface area contributed by atoms with E-state index in [0.29, 0.717) is 11.6 Å². The lowest BCUT2D eigenvalue weighted by Crippen LogP contribution is -2.01. The molecule has 0 heterocycles. The van der Waals surface area contributed by atoms with Crippen molar-refractivity contribution in [3.63, 3.8) is 0 Å². The Hall–Kier alpha value is -1.51. The second kappa shape index (κ2) is 6.43. The Kier molecular flexibility index (Phi) is 4.62. The molecule has 0 amide bonds. The fourth-order valence-electron chi connectivity index (χ4n) is 1.63. The predicted molar refractivity (Wildman–Crippen MR) is 73.0 cm³/mol. The Bertz CT molecular complexity index is 477. The molecule has 0 aromatic heterocycles. The molecule has 0 saturated carbocycles. The molecule has 3 heteroatoms. The van der Waals surface area contributed by atoms with Gasteiger partial charge in [-0.2, -0.15) is 0 Å². The van der Waals surface area contributed by atoms with Gasteiger partial charge in [-0.05, 0) is 35.4 Å². The average Bonchev–Trinajstić information content (AvgIpc) is 2.42. The molecule has 2 rings (SSSR count). The van der Waals surface area contributed by atoms with Crippen LogP contribution in [0.15, 0.2) is 48.5 Å². The van der Waals surface area contributed by atoms with E-state index in [9.17, 15) is 0 Å². The summed E-state index contributed by atoms with van der Waals surface area (Å²) in [5, 5.41) is 9.65. The molecule has 0 aliphatic rings. The van der Waals surface area contributed by atoms with Gasteiger partial charge < -0.3 is 9.84 Å². The number of halogens is 1. The van der Waals surface area contributed by atoms with E-state index >= 15 is 0 Å². The Labute approximate surface area is 112 Å². The molecule has 2 nitrogen and oxygen atoms in total. The molecule has 94 valence electrons. The fourth-order valence-corrected chi connectivity index (χ4v) is 1.75. The molecule has 2 aromatic carbocycles. The molecule has 0 aliphatic heterocycles. The molecule has 2 aromatic rings. The molecule has 0 saturated heterocycles. The van der Waals surface area contributed by atoms with Crippen LogP contribution in [0.5, 0.6) is 5.75 Å². The first-order valence-electron chi connectivity index (χ1n) is 5.85. The second-order valence-electron chi connectivity index (χ2n) is 4.03. The highest BCUT2D eigenvalue weighted by atomic mass is 35.5. The summed E-state index contributed by atoms with van der Waals surface area (Å²) in [6.45, 7) is 0.710. The topological polar surface area (TPSA) is 29.5 Å². The summed E-state index contributed by atoms with van der Waals surface area (Å²) in [7, 11) is 0. The van der Waals surface area contributed by atoms with E-state index < -0.39 is 0 Å². The van der Waals surface area contributed by atoms with Crippen molar-refractivity contribution in [3.05, 3.63) is 64.7 Å². The number of hydrogen-bond donors (Lipinski definition) is 1. The number of aliphatic hydroxyl groups excluding tert-OH is 1. The van der Waals surface area contributed by atoms with Gasteiger partial charge in [-0.3, -0.25) is 0 Å². The van der Waals surface area contributed by atoms with Gasteiger partial charge in [-0.1, -0.05) is 35.9 Å². The van der Waals surface area contributed by atoms with E-state index in [1.54, 1.807) is 0 Å². The molecule has 0 spiro atoms. The number of rotatable bonds is 5. The molecule has 0 radical (unpaired) electrons. The Balaban J connectivity index is 1.82. The summed E-state index contributed by atoms with van der Waals surface area (Å²) in [6, 6.07) is 15.2. The molecular formula is C15H15ClO2. The third-order valence-corrected chi connectivity index (χ3v) is 2.93. The predicted octanol–water partition coefficient (Wildman–Crippen LogP) is 3.45. The number of aliphatic hydroxyl groups is 1. The van der Waals surface area contributed by atoms with Crippen molar-refractivity contribution in [2.24, 2.45) is 0 Å². The summed E-state index contributed by atoms with van der Waals surface area (Å²) in [5.41, 5.74) is 2.12. The molecular weight excluding hydrogens is 248 g/mol. The maximum atomic E-state index is 8.94. The summed E-state index contributed by atoms with van der Waals surface area (Å²) >= 11 is 5.79. The van der Waals surface area contributed by atoms with Crippen molar-refractivity contribution < 1.29 is 9.84 Å². The van der Waals surface area contributed by atoms with Crippen LogP contribution in [-0.2, 0) is 13.0 Å². The largest absolute Gasteiger partial charge is 0.493 e. The van der Waals surface area contributed by atoms with Gasteiger partial charge in [0.25, 0.3) is 0 Å². The van der Waals surface area contributed by atoms with Crippen molar-refractivity contribution in [2.45, 2.75) is 13.0 Å². The molecule has 0 aliphatic carbocycles. The van der Waals surface area contributed by atoms with E-state index in [-0.39, 0.29) is 6.61 Å². The van der Waals surface area contributed by atoms with Crippen LogP contribution in [0, 0.1) is 0 Å². The first-order valence-corrected chi connectivity index (χ1v) is 6.23. The molecule has 0 bridgehead atoms. The summed E-state index contributed by atoms with van der Waals surface area (Å²) in [6.07, 6.45) is 0.842. The highest BCUT2D eigenvalue weighted by Crippen LogP contribution is 2.15. The minimum absolute atomic E-state index is 0.0849. The first-order chi connectivity index (χ1) is 8.78. The minimum atomic E-state index is 0.0849. The zero-order chi connectivity index (χ0) is 12.8. The Morgan fingerprint density at radius 2 is 1.50 bits per heavy atom. The van der Waals surface area contributed by atoms with E-state index in [1.807, 2.05) is 48.5 Å². The van der Waals surface area contributed by atoms with Crippen LogP contribution in [-0.4, -0.2) is 11.7 Å². The van der Waals surface area contributed by atoms with Crippen molar-refractivity contribution >= 4 is 11.6 Å². The summed E-state index contributed by atoms with van der Waals surface area (Å²) in [4.78, 5) is 0. The van der Waals surface area contributed by atoms with Gasteiger partial charge in [0.05, 0.1) is 13.2 Å². The van der Waals surface area contributed by atoms with Crippen molar-refractivity contribution in [2.75, 3.05) is 6.61 Å². The van der Waals surface area contributed by atoms with Crippen LogP contribution in [0.2, 0.25) is 5.02 Å². The van der Waals surface area contributed by atoms with Crippen molar-refractivity contribution in [3.8, 4) is 5.75 Å². The smallest absolute Gasteiger partial charge is 0.119 e. The van der Waals surface area contributed by atoms with Crippen LogP contribution in [0.1, 0.15) is 11.1 Å². The van der Waals surface area contributed by atoms with Crippen LogP contribution < -0.4 is 4.74 Å². The van der Waals surface area contributed by atoms with Crippen molar-refractivity contribution in [1.29, 1.82) is 0 Å². The fraction of sp³-hybridized carbons (Fsp3) is 0.200. The van der Waals surface area contributed by atoms with E-state index in [1.165, 1.54) is 5.56 Å². The third kappa shape index (κ3) is 3.76. The first kappa shape index (κ1) is 12.9. The lowest BCUT2D eigenvalue weighted by Gasteiger charge is -2.06. The highest BCUT2D eigenvalue weighted by Gasteiger charge is 1.97. The van der Waals surface area contributed by atoms with Crippen LogP contribution >= 0.6 is 11.6 Å². The standard InChI is InChI=1S/C15H15ClO2/c16-14-5-7-15(8-6-14)18-10-9-12-1-3-13(11-17)4-2-12/h1-8,17H,9-11H2. The molecule has 0 atom stereocenters. The average molecular weight is 263 g/mol. The van der Waals surface area contributed by atoms with Gasteiger partial charge in [0, 0.05) is 11.4 Å². The van der Waals surface area contributed by atoms with E-state index in [2.05, 4.69) is 0 Å². The van der Waals surface area contributed by atoms with Crippen LogP contribution in [0.4, 0.5) is 0 Å². The quantitative estimate of drug-likeness (QED) is 0.894. The monoisotopic (exact) mass is 262 g/mol. The maximum absolute atomic E-state index is 8.94. The van der Waals surface area contributed by atoms with Gasteiger partial charge >= 0.3 is 0 Å². The van der Waals surface area contributed by atoms with Crippen LogP contribution in [0.3, 0.4) is 0 Å². The summed E-state index contributed by atoms with van der Waals surface area (Å²) < 4.78 is 5.61.